The highest BCUT2D eigenvalue weighted by Gasteiger charge is 2.10. The minimum atomic E-state index is -0.576. The number of methoxy groups -OCH3 is 1. The number of hydrogen-bond acceptors (Lipinski definition) is 5. The van der Waals surface area contributed by atoms with E-state index in [1.807, 2.05) is 0 Å². The second-order valence-electron chi connectivity index (χ2n) is 2.83. The molecule has 2 aromatic rings. The number of halogens is 1. The van der Waals surface area contributed by atoms with Crippen LogP contribution in [-0.4, -0.2) is 32.8 Å². The number of ether oxygens (including phenoxy) is 1. The van der Waals surface area contributed by atoms with E-state index in [4.69, 9.17) is 0 Å². The fourth-order valence-corrected chi connectivity index (χ4v) is 1.38. The monoisotopic (exact) mass is 282 g/mol. The van der Waals surface area contributed by atoms with Gasteiger partial charge in [0.1, 0.15) is 0 Å². The molecule has 0 radical (unpaired) electrons. The molecule has 0 unspecified atom stereocenters. The van der Waals surface area contributed by atoms with Crippen LogP contribution in [0.5, 0.6) is 0 Å². The van der Waals surface area contributed by atoms with E-state index in [9.17, 15) is 4.79 Å². The van der Waals surface area contributed by atoms with Gasteiger partial charge in [-0.25, -0.2) is 19.4 Å². The van der Waals surface area contributed by atoms with Crippen molar-refractivity contribution in [2.24, 2.45) is 0 Å². The molecule has 0 spiro atoms. The van der Waals surface area contributed by atoms with Crippen LogP contribution < -0.4 is 0 Å². The smallest absolute Gasteiger partial charge is 0.376 e. The summed E-state index contributed by atoms with van der Waals surface area (Å²) in [6.45, 7) is 0. The van der Waals surface area contributed by atoms with E-state index < -0.39 is 5.97 Å². The van der Waals surface area contributed by atoms with Gasteiger partial charge in [-0.05, 0) is 15.9 Å². The Kier molecular flexibility index (Phi) is 2.95. The third-order valence-corrected chi connectivity index (χ3v) is 2.20. The molecule has 2 heterocycles. The summed E-state index contributed by atoms with van der Waals surface area (Å²) >= 11 is 3.27. The molecule has 0 aliphatic rings. The van der Waals surface area contributed by atoms with Crippen molar-refractivity contribution in [2.75, 3.05) is 7.11 Å². The van der Waals surface area contributed by atoms with Gasteiger partial charge in [0.15, 0.2) is 5.82 Å². The third kappa shape index (κ3) is 2.08. The molecule has 0 fully saturated rings. The first-order chi connectivity index (χ1) is 7.70. The number of carbonyl (C=O) groups excluding carboxylic acids is 1. The fraction of sp³-hybridized carbons (Fsp3) is 0.111. The van der Waals surface area contributed by atoms with Gasteiger partial charge in [-0.2, -0.15) is 5.10 Å². The molecule has 0 saturated carbocycles. The summed E-state index contributed by atoms with van der Waals surface area (Å²) in [4.78, 5) is 19.0. The van der Waals surface area contributed by atoms with Crippen molar-refractivity contribution in [2.45, 2.75) is 0 Å². The van der Waals surface area contributed by atoms with E-state index >= 15 is 0 Å². The molecule has 0 bridgehead atoms. The first-order valence-corrected chi connectivity index (χ1v) is 5.12. The van der Waals surface area contributed by atoms with Crippen molar-refractivity contribution < 1.29 is 9.53 Å². The van der Waals surface area contributed by atoms with Crippen LogP contribution in [0.15, 0.2) is 29.1 Å². The van der Waals surface area contributed by atoms with Crippen LogP contribution >= 0.6 is 15.9 Å². The van der Waals surface area contributed by atoms with Crippen molar-refractivity contribution in [3.63, 3.8) is 0 Å². The molecule has 0 aliphatic heterocycles. The first-order valence-electron chi connectivity index (χ1n) is 4.32. The third-order valence-electron chi connectivity index (χ3n) is 1.79. The van der Waals surface area contributed by atoms with Crippen molar-refractivity contribution in [1.82, 2.24) is 19.7 Å². The van der Waals surface area contributed by atoms with E-state index in [0.29, 0.717) is 5.82 Å². The number of carbonyl (C=O) groups is 1. The molecule has 0 N–H and O–H groups in total. The average Bonchev–Trinajstić information content (AvgIpc) is 2.75. The molecule has 2 rings (SSSR count). The van der Waals surface area contributed by atoms with Crippen LogP contribution in [0.1, 0.15) is 10.6 Å². The van der Waals surface area contributed by atoms with E-state index in [1.54, 1.807) is 18.5 Å². The number of nitrogens with zero attached hydrogens (tertiary/aromatic N) is 4. The second kappa shape index (κ2) is 4.40. The summed E-state index contributed by atoms with van der Waals surface area (Å²) in [5.41, 5.74) is 0. The number of esters is 1. The quantitative estimate of drug-likeness (QED) is 0.775. The Morgan fingerprint density at radius 2 is 2.38 bits per heavy atom. The lowest BCUT2D eigenvalue weighted by molar-refractivity contribution is 0.0586. The Hall–Kier alpha value is -1.76. The van der Waals surface area contributed by atoms with Crippen LogP contribution in [0.25, 0.3) is 5.82 Å². The summed E-state index contributed by atoms with van der Waals surface area (Å²) in [7, 11) is 1.28. The summed E-state index contributed by atoms with van der Waals surface area (Å²) < 4.78 is 6.88. The Morgan fingerprint density at radius 1 is 1.56 bits per heavy atom. The van der Waals surface area contributed by atoms with Crippen molar-refractivity contribution >= 4 is 21.9 Å². The summed E-state index contributed by atoms with van der Waals surface area (Å²) in [5, 5.41) is 4.04. The molecule has 82 valence electrons. The van der Waals surface area contributed by atoms with E-state index in [2.05, 4.69) is 35.7 Å². The maximum Gasteiger partial charge on any atom is 0.376 e. The van der Waals surface area contributed by atoms with Gasteiger partial charge in [-0.3, -0.25) is 0 Å². The molecule has 16 heavy (non-hydrogen) atoms. The molecule has 0 atom stereocenters. The molecule has 7 heteroatoms. The van der Waals surface area contributed by atoms with Crippen LogP contribution in [0.2, 0.25) is 0 Å². The number of rotatable bonds is 2. The molecule has 0 saturated heterocycles. The van der Waals surface area contributed by atoms with E-state index in [1.165, 1.54) is 18.0 Å². The van der Waals surface area contributed by atoms with Crippen LogP contribution in [0.4, 0.5) is 0 Å². The Bertz CT molecular complexity index is 526. The van der Waals surface area contributed by atoms with Crippen molar-refractivity contribution in [3.8, 4) is 5.82 Å². The summed E-state index contributed by atoms with van der Waals surface area (Å²) in [6, 6.07) is 1.64. The normalized spacial score (nSPS) is 10.1. The van der Waals surface area contributed by atoms with Gasteiger partial charge in [0.2, 0.25) is 5.82 Å². The highest BCUT2D eigenvalue weighted by molar-refractivity contribution is 9.10. The Balaban J connectivity index is 2.39. The van der Waals surface area contributed by atoms with Gasteiger partial charge in [0.25, 0.3) is 0 Å². The molecular weight excluding hydrogens is 276 g/mol. The fourth-order valence-electron chi connectivity index (χ4n) is 1.09. The maximum absolute atomic E-state index is 11.2. The second-order valence-corrected chi connectivity index (χ2v) is 3.75. The first kappa shape index (κ1) is 10.7. The summed E-state index contributed by atoms with van der Waals surface area (Å²) in [5.74, 6) is -0.0687. The van der Waals surface area contributed by atoms with Crippen molar-refractivity contribution in [1.29, 1.82) is 0 Å². The van der Waals surface area contributed by atoms with Gasteiger partial charge in [-0.1, -0.05) is 0 Å². The largest absolute Gasteiger partial charge is 0.463 e. The van der Waals surface area contributed by atoms with Crippen LogP contribution in [-0.2, 0) is 4.74 Å². The van der Waals surface area contributed by atoms with Gasteiger partial charge in [-0.15, -0.1) is 0 Å². The van der Waals surface area contributed by atoms with Crippen LogP contribution in [0.3, 0.4) is 0 Å². The molecule has 0 aromatic carbocycles. The Morgan fingerprint density at radius 3 is 3.00 bits per heavy atom. The zero-order chi connectivity index (χ0) is 11.5. The summed E-state index contributed by atoms with van der Waals surface area (Å²) in [6.07, 6.45) is 4.83. The molecule has 0 amide bonds. The van der Waals surface area contributed by atoms with Gasteiger partial charge in [0.05, 0.1) is 17.8 Å². The number of hydrogen-bond donors (Lipinski definition) is 0. The van der Waals surface area contributed by atoms with Crippen LogP contribution in [0, 0.1) is 0 Å². The van der Waals surface area contributed by atoms with Gasteiger partial charge >= 0.3 is 5.97 Å². The van der Waals surface area contributed by atoms with E-state index in [0.717, 1.165) is 4.47 Å². The lowest BCUT2D eigenvalue weighted by Crippen LogP contribution is -2.09. The molecule has 2 aromatic heterocycles. The highest BCUT2D eigenvalue weighted by atomic mass is 79.9. The molecule has 6 nitrogen and oxygen atoms in total. The topological polar surface area (TPSA) is 69.9 Å². The SMILES string of the molecule is COC(=O)c1nccc(-n2cc(Br)cn2)n1. The van der Waals surface area contributed by atoms with E-state index in [-0.39, 0.29) is 5.82 Å². The number of aromatic nitrogens is 4. The predicted molar refractivity (Wildman–Crippen MR) is 58.2 cm³/mol. The predicted octanol–water partition coefficient (Wildman–Crippen LogP) is 1.21. The molecular formula is C9H7BrN4O2. The average molecular weight is 283 g/mol. The standard InChI is InChI=1S/C9H7BrN4O2/c1-16-9(15)8-11-3-2-7(13-8)14-5-6(10)4-12-14/h2-5H,1H3. The zero-order valence-electron chi connectivity index (χ0n) is 8.29. The minimum Gasteiger partial charge on any atom is -0.463 e. The zero-order valence-corrected chi connectivity index (χ0v) is 9.88. The van der Waals surface area contributed by atoms with Crippen molar-refractivity contribution in [3.05, 3.63) is 35.0 Å². The highest BCUT2D eigenvalue weighted by Crippen LogP contribution is 2.10. The lowest BCUT2D eigenvalue weighted by atomic mass is 10.5. The lowest BCUT2D eigenvalue weighted by Gasteiger charge is -2.01. The minimum absolute atomic E-state index is 0.00613. The molecule has 0 aliphatic carbocycles. The Labute approximate surface area is 99.4 Å². The maximum atomic E-state index is 11.2. The van der Waals surface area contributed by atoms with Gasteiger partial charge < -0.3 is 4.74 Å². The van der Waals surface area contributed by atoms with Gasteiger partial charge in [0, 0.05) is 18.5 Å².